The molecule has 8 heteroatoms. The van der Waals surface area contributed by atoms with Gasteiger partial charge >= 0.3 is 0 Å². The van der Waals surface area contributed by atoms with Gasteiger partial charge in [-0.1, -0.05) is 0 Å². The van der Waals surface area contributed by atoms with Crippen LogP contribution in [0.5, 0.6) is 0 Å². The van der Waals surface area contributed by atoms with Gasteiger partial charge in [0.25, 0.3) is 11.8 Å². The first-order valence-electron chi connectivity index (χ1n) is 9.53. The lowest BCUT2D eigenvalue weighted by Crippen LogP contribution is -2.46. The number of aryl methyl sites for hydroxylation is 2. The maximum Gasteiger partial charge on any atom is 0.261 e. The Morgan fingerprint density at radius 1 is 1.04 bits per heavy atom. The SMILES string of the molecule is Cc1nc(-c2nc3cc4c(cc3[nH]2)C(=O)N(C2CCN(C)CC2)C4=O)cn1C. The van der Waals surface area contributed by atoms with E-state index >= 15 is 0 Å². The van der Waals surface area contributed by atoms with Crippen LogP contribution in [-0.2, 0) is 7.05 Å². The second-order valence-electron chi connectivity index (χ2n) is 7.80. The van der Waals surface area contributed by atoms with Crippen LogP contribution in [0.1, 0.15) is 39.4 Å². The number of aromatic nitrogens is 4. The van der Waals surface area contributed by atoms with Crippen LogP contribution in [0.4, 0.5) is 0 Å². The van der Waals surface area contributed by atoms with E-state index in [1.54, 1.807) is 12.1 Å². The van der Waals surface area contributed by atoms with E-state index in [2.05, 4.69) is 26.9 Å². The highest BCUT2D eigenvalue weighted by Crippen LogP contribution is 2.32. The summed E-state index contributed by atoms with van der Waals surface area (Å²) in [4.78, 5) is 42.0. The molecule has 0 saturated carbocycles. The van der Waals surface area contributed by atoms with Gasteiger partial charge in [0.15, 0.2) is 5.82 Å². The van der Waals surface area contributed by atoms with Crippen molar-refractivity contribution < 1.29 is 9.59 Å². The first kappa shape index (κ1) is 17.1. The lowest BCUT2D eigenvalue weighted by atomic mass is 10.0. The Kier molecular flexibility index (Phi) is 3.67. The van der Waals surface area contributed by atoms with Crippen LogP contribution in [-0.4, -0.2) is 67.3 Å². The Morgan fingerprint density at radius 2 is 1.71 bits per heavy atom. The summed E-state index contributed by atoms with van der Waals surface area (Å²) >= 11 is 0. The van der Waals surface area contributed by atoms with Crippen LogP contribution in [0.15, 0.2) is 18.3 Å². The van der Waals surface area contributed by atoms with E-state index in [9.17, 15) is 9.59 Å². The summed E-state index contributed by atoms with van der Waals surface area (Å²) in [7, 11) is 3.99. The van der Waals surface area contributed by atoms with E-state index in [1.165, 1.54) is 4.90 Å². The number of hydrogen-bond donors (Lipinski definition) is 1. The fourth-order valence-electron chi connectivity index (χ4n) is 4.14. The van der Waals surface area contributed by atoms with Crippen LogP contribution in [0.3, 0.4) is 0 Å². The van der Waals surface area contributed by atoms with Crippen molar-refractivity contribution in [2.75, 3.05) is 20.1 Å². The second-order valence-corrected chi connectivity index (χ2v) is 7.80. The van der Waals surface area contributed by atoms with Crippen molar-refractivity contribution in [2.24, 2.45) is 7.05 Å². The van der Waals surface area contributed by atoms with Crippen molar-refractivity contribution in [3.8, 4) is 11.5 Å². The molecule has 1 aromatic carbocycles. The van der Waals surface area contributed by atoms with Crippen LogP contribution in [0.2, 0.25) is 0 Å². The highest BCUT2D eigenvalue weighted by molar-refractivity contribution is 6.23. The smallest absolute Gasteiger partial charge is 0.261 e. The number of rotatable bonds is 2. The minimum Gasteiger partial charge on any atom is -0.337 e. The normalized spacial score (nSPS) is 18.5. The third-order valence-electron chi connectivity index (χ3n) is 5.92. The highest BCUT2D eigenvalue weighted by atomic mass is 16.2. The van der Waals surface area contributed by atoms with E-state index in [-0.39, 0.29) is 17.9 Å². The number of likely N-dealkylation sites (tertiary alicyclic amines) is 1. The molecule has 5 rings (SSSR count). The summed E-state index contributed by atoms with van der Waals surface area (Å²) in [5, 5.41) is 0. The first-order valence-corrected chi connectivity index (χ1v) is 9.53. The van der Waals surface area contributed by atoms with Gasteiger partial charge in [0.1, 0.15) is 11.5 Å². The molecular weight excluding hydrogens is 356 g/mol. The number of imidazole rings is 2. The molecule has 8 nitrogen and oxygen atoms in total. The molecule has 0 radical (unpaired) electrons. The van der Waals surface area contributed by atoms with Crippen LogP contribution in [0.25, 0.3) is 22.6 Å². The molecule has 2 amide bonds. The number of imide groups is 1. The highest BCUT2D eigenvalue weighted by Gasteiger charge is 2.41. The number of fused-ring (bicyclic) bond motifs is 2. The predicted octanol–water partition coefficient (Wildman–Crippen LogP) is 1.96. The quantitative estimate of drug-likeness (QED) is 0.689. The Balaban J connectivity index is 1.51. The summed E-state index contributed by atoms with van der Waals surface area (Å²) in [6.45, 7) is 3.72. The molecule has 0 aliphatic carbocycles. The predicted molar refractivity (Wildman–Crippen MR) is 104 cm³/mol. The lowest BCUT2D eigenvalue weighted by Gasteiger charge is -2.33. The maximum atomic E-state index is 13.0. The van der Waals surface area contributed by atoms with Crippen molar-refractivity contribution >= 4 is 22.8 Å². The standard InChI is InChI=1S/C20H22N6O2/c1-11-21-17(10-25(11)3)18-22-15-8-13-14(9-16(15)23-18)20(28)26(19(13)27)12-4-6-24(2)7-5-12/h8-10,12H,4-7H2,1-3H3,(H,22,23). The van der Waals surface area contributed by atoms with Gasteiger partial charge < -0.3 is 14.5 Å². The number of piperidine rings is 1. The fraction of sp³-hybridized carbons (Fsp3) is 0.400. The fourth-order valence-corrected chi connectivity index (χ4v) is 4.14. The third kappa shape index (κ3) is 2.48. The summed E-state index contributed by atoms with van der Waals surface area (Å²) < 4.78 is 1.93. The number of H-pyrrole nitrogens is 1. The number of nitrogens with zero attached hydrogens (tertiary/aromatic N) is 5. The van der Waals surface area contributed by atoms with E-state index in [4.69, 9.17) is 0 Å². The molecule has 28 heavy (non-hydrogen) atoms. The summed E-state index contributed by atoms with van der Waals surface area (Å²) in [5.41, 5.74) is 3.06. The van der Waals surface area contributed by atoms with Crippen LogP contribution >= 0.6 is 0 Å². The number of hydrogen-bond acceptors (Lipinski definition) is 5. The number of amides is 2. The molecule has 144 valence electrons. The molecule has 2 aliphatic heterocycles. The topological polar surface area (TPSA) is 87.1 Å². The molecule has 0 bridgehead atoms. The van der Waals surface area contributed by atoms with Crippen molar-refractivity contribution in [1.82, 2.24) is 29.3 Å². The average Bonchev–Trinajstić information content (AvgIpc) is 3.31. The maximum absolute atomic E-state index is 13.0. The summed E-state index contributed by atoms with van der Waals surface area (Å²) in [5.74, 6) is 1.13. The molecule has 0 spiro atoms. The minimum atomic E-state index is -0.199. The molecule has 1 saturated heterocycles. The Hall–Kier alpha value is -3.00. The zero-order valence-electron chi connectivity index (χ0n) is 16.2. The molecule has 1 fully saturated rings. The van der Waals surface area contributed by atoms with Gasteiger partial charge in [0, 0.05) is 19.3 Å². The first-order chi connectivity index (χ1) is 13.4. The van der Waals surface area contributed by atoms with Gasteiger partial charge in [-0.2, -0.15) is 0 Å². The number of carbonyl (C=O) groups is 2. The zero-order valence-corrected chi connectivity index (χ0v) is 16.2. The van der Waals surface area contributed by atoms with Gasteiger partial charge in [-0.3, -0.25) is 14.5 Å². The van der Waals surface area contributed by atoms with Gasteiger partial charge in [-0.05, 0) is 52.0 Å². The van der Waals surface area contributed by atoms with Crippen molar-refractivity contribution in [2.45, 2.75) is 25.8 Å². The third-order valence-corrected chi connectivity index (χ3v) is 5.92. The van der Waals surface area contributed by atoms with Crippen molar-refractivity contribution in [3.05, 3.63) is 35.3 Å². The van der Waals surface area contributed by atoms with Crippen molar-refractivity contribution in [3.63, 3.8) is 0 Å². The molecule has 2 aromatic heterocycles. The molecule has 3 aromatic rings. The van der Waals surface area contributed by atoms with Gasteiger partial charge in [-0.15, -0.1) is 0 Å². The van der Waals surface area contributed by atoms with Gasteiger partial charge in [0.2, 0.25) is 0 Å². The monoisotopic (exact) mass is 378 g/mol. The number of carbonyl (C=O) groups excluding carboxylic acids is 2. The number of benzene rings is 1. The zero-order chi connectivity index (χ0) is 19.6. The molecular formula is C20H22N6O2. The lowest BCUT2D eigenvalue weighted by molar-refractivity contribution is 0.0516. The Morgan fingerprint density at radius 3 is 2.36 bits per heavy atom. The second kappa shape index (κ2) is 6.00. The summed E-state index contributed by atoms with van der Waals surface area (Å²) in [6.07, 6.45) is 3.54. The molecule has 0 unspecified atom stereocenters. The van der Waals surface area contributed by atoms with E-state index < -0.39 is 0 Å². The largest absolute Gasteiger partial charge is 0.337 e. The average molecular weight is 378 g/mol. The molecule has 4 heterocycles. The van der Waals surface area contributed by atoms with Gasteiger partial charge in [-0.25, -0.2) is 9.97 Å². The molecule has 2 aliphatic rings. The number of aromatic amines is 1. The van der Waals surface area contributed by atoms with Crippen LogP contribution in [0, 0.1) is 6.92 Å². The van der Waals surface area contributed by atoms with E-state index in [0.29, 0.717) is 22.5 Å². The minimum absolute atomic E-state index is 0.0260. The van der Waals surface area contributed by atoms with Gasteiger partial charge in [0.05, 0.1) is 22.2 Å². The molecule has 1 N–H and O–H groups in total. The Labute approximate surface area is 162 Å². The molecule has 0 atom stereocenters. The summed E-state index contributed by atoms with van der Waals surface area (Å²) in [6, 6.07) is 3.46. The van der Waals surface area contributed by atoms with E-state index in [0.717, 1.165) is 43.0 Å². The Bertz CT molecular complexity index is 1050. The van der Waals surface area contributed by atoms with Crippen molar-refractivity contribution in [1.29, 1.82) is 0 Å². The van der Waals surface area contributed by atoms with E-state index in [1.807, 2.05) is 24.7 Å². The van der Waals surface area contributed by atoms with Crippen LogP contribution < -0.4 is 0 Å². The number of nitrogens with one attached hydrogen (secondary N) is 1.